The van der Waals surface area contributed by atoms with Crippen LogP contribution >= 0.6 is 22.9 Å². The molecule has 0 saturated carbocycles. The Balaban J connectivity index is 1.95. The van der Waals surface area contributed by atoms with E-state index >= 15 is 0 Å². The average molecular weight is 332 g/mol. The van der Waals surface area contributed by atoms with E-state index in [-0.39, 0.29) is 0 Å². The van der Waals surface area contributed by atoms with Crippen molar-refractivity contribution in [1.82, 2.24) is 4.68 Å². The van der Waals surface area contributed by atoms with E-state index in [1.54, 1.807) is 18.4 Å². The number of thiazole rings is 1. The minimum Gasteiger partial charge on any atom is -0.261 e. The number of hydrogen-bond donors (Lipinski definition) is 0. The molecule has 1 heterocycles. The second-order valence-corrected chi connectivity index (χ2v) is 6.53. The molecule has 5 heteroatoms. The van der Waals surface area contributed by atoms with Crippen molar-refractivity contribution in [3.63, 3.8) is 0 Å². The van der Waals surface area contributed by atoms with Gasteiger partial charge >= 0.3 is 0 Å². The molecule has 1 atom stereocenters. The van der Waals surface area contributed by atoms with Crippen LogP contribution in [0.1, 0.15) is 19.3 Å². The summed E-state index contributed by atoms with van der Waals surface area (Å²) in [6, 6.07) is 7.83. The van der Waals surface area contributed by atoms with E-state index in [0.717, 1.165) is 33.9 Å². The number of rotatable bonds is 3. The van der Waals surface area contributed by atoms with Gasteiger partial charge in [0.1, 0.15) is 0 Å². The van der Waals surface area contributed by atoms with E-state index in [4.69, 9.17) is 16.7 Å². The van der Waals surface area contributed by atoms with Gasteiger partial charge in [-0.15, -0.1) is 11.3 Å². The van der Waals surface area contributed by atoms with Crippen molar-refractivity contribution in [2.24, 2.45) is 16.0 Å². The molecule has 0 amide bonds. The lowest BCUT2D eigenvalue weighted by Gasteiger charge is -2.12. The minimum atomic E-state index is 0.514. The van der Waals surface area contributed by atoms with Crippen molar-refractivity contribution in [3.8, 4) is 11.3 Å². The van der Waals surface area contributed by atoms with Crippen molar-refractivity contribution in [2.45, 2.75) is 19.3 Å². The molecule has 0 saturated heterocycles. The highest BCUT2D eigenvalue weighted by Gasteiger charge is 2.09. The van der Waals surface area contributed by atoms with Crippen LogP contribution in [0.4, 0.5) is 0 Å². The lowest BCUT2D eigenvalue weighted by Crippen LogP contribution is -2.13. The first-order valence-corrected chi connectivity index (χ1v) is 8.62. The Hall–Kier alpha value is -1.65. The van der Waals surface area contributed by atoms with Crippen LogP contribution in [-0.2, 0) is 0 Å². The van der Waals surface area contributed by atoms with Gasteiger partial charge in [0.2, 0.25) is 4.80 Å². The predicted octanol–water partition coefficient (Wildman–Crippen LogP) is 4.59. The van der Waals surface area contributed by atoms with Gasteiger partial charge < -0.3 is 0 Å². The van der Waals surface area contributed by atoms with E-state index in [2.05, 4.69) is 28.7 Å². The molecular weight excluding hydrogens is 314 g/mol. The van der Waals surface area contributed by atoms with Crippen molar-refractivity contribution in [2.75, 3.05) is 7.05 Å². The first kappa shape index (κ1) is 15.3. The van der Waals surface area contributed by atoms with Crippen LogP contribution in [-0.4, -0.2) is 17.9 Å². The second kappa shape index (κ2) is 7.07. The number of allylic oxidation sites excluding steroid dienone is 2. The van der Waals surface area contributed by atoms with Gasteiger partial charge in [-0.2, -0.15) is 5.10 Å². The lowest BCUT2D eigenvalue weighted by molar-refractivity contribution is 0.621. The Labute approximate surface area is 139 Å². The minimum absolute atomic E-state index is 0.514. The van der Waals surface area contributed by atoms with Crippen LogP contribution in [0, 0.1) is 5.92 Å². The van der Waals surface area contributed by atoms with Crippen molar-refractivity contribution in [3.05, 3.63) is 51.6 Å². The molecule has 2 aromatic rings. The van der Waals surface area contributed by atoms with Crippen LogP contribution in [0.3, 0.4) is 0 Å². The molecule has 3 nitrogen and oxygen atoms in total. The third kappa shape index (κ3) is 3.39. The van der Waals surface area contributed by atoms with Gasteiger partial charge in [-0.1, -0.05) is 35.9 Å². The van der Waals surface area contributed by atoms with Gasteiger partial charge in [-0.25, -0.2) is 4.68 Å². The molecule has 0 radical (unpaired) electrons. The fourth-order valence-electron chi connectivity index (χ4n) is 2.49. The Morgan fingerprint density at radius 3 is 2.77 bits per heavy atom. The summed E-state index contributed by atoms with van der Waals surface area (Å²) in [6.45, 7) is 0. The second-order valence-electron chi connectivity index (χ2n) is 5.25. The molecule has 0 aliphatic heterocycles. The molecule has 3 rings (SSSR count). The third-order valence-corrected chi connectivity index (χ3v) is 4.88. The quantitative estimate of drug-likeness (QED) is 0.581. The average Bonchev–Trinajstić information content (AvgIpc) is 2.97. The number of benzene rings is 1. The van der Waals surface area contributed by atoms with E-state index < -0.39 is 0 Å². The maximum atomic E-state index is 5.98. The lowest BCUT2D eigenvalue weighted by atomic mass is 9.96. The van der Waals surface area contributed by atoms with E-state index in [0.29, 0.717) is 5.92 Å². The summed E-state index contributed by atoms with van der Waals surface area (Å²) in [7, 11) is 1.80. The monoisotopic (exact) mass is 331 g/mol. The van der Waals surface area contributed by atoms with Gasteiger partial charge in [0.15, 0.2) is 0 Å². The largest absolute Gasteiger partial charge is 0.261 e. The van der Waals surface area contributed by atoms with E-state index in [9.17, 15) is 0 Å². The highest BCUT2D eigenvalue weighted by molar-refractivity contribution is 7.07. The molecule has 0 spiro atoms. The molecule has 1 unspecified atom stereocenters. The number of halogens is 1. The molecule has 0 fully saturated rings. The Morgan fingerprint density at radius 1 is 1.27 bits per heavy atom. The first-order valence-electron chi connectivity index (χ1n) is 7.36. The summed E-state index contributed by atoms with van der Waals surface area (Å²) in [5, 5.41) is 7.53. The Morgan fingerprint density at radius 2 is 2.09 bits per heavy atom. The molecule has 1 aromatic heterocycles. The fraction of sp³-hybridized carbons (Fsp3) is 0.294. The summed E-state index contributed by atoms with van der Waals surface area (Å²) < 4.78 is 1.92. The molecule has 1 aliphatic carbocycles. The molecule has 114 valence electrons. The molecule has 1 aliphatic rings. The summed E-state index contributed by atoms with van der Waals surface area (Å²) in [4.78, 5) is 5.22. The van der Waals surface area contributed by atoms with E-state index in [1.807, 2.05) is 28.9 Å². The van der Waals surface area contributed by atoms with Crippen LogP contribution < -0.4 is 4.80 Å². The summed E-state index contributed by atoms with van der Waals surface area (Å²) in [5.41, 5.74) is 2.14. The topological polar surface area (TPSA) is 29.6 Å². The van der Waals surface area contributed by atoms with E-state index in [1.165, 1.54) is 6.42 Å². The highest BCUT2D eigenvalue weighted by atomic mass is 35.5. The maximum absolute atomic E-state index is 5.98. The fourth-order valence-corrected chi connectivity index (χ4v) is 3.42. The third-order valence-electron chi connectivity index (χ3n) is 3.72. The van der Waals surface area contributed by atoms with Crippen molar-refractivity contribution >= 4 is 29.2 Å². The van der Waals surface area contributed by atoms with Crippen molar-refractivity contribution in [1.29, 1.82) is 0 Å². The molecule has 0 N–H and O–H groups in total. The van der Waals surface area contributed by atoms with Crippen LogP contribution in [0.25, 0.3) is 11.3 Å². The Kier molecular flexibility index (Phi) is 4.90. The SMILES string of the molecule is CN=c1scc(-c2ccc(Cl)cc2)n1N=CC1CC=CCC1. The van der Waals surface area contributed by atoms with Gasteiger partial charge in [-0.3, -0.25) is 4.99 Å². The number of hydrogen-bond acceptors (Lipinski definition) is 3. The highest BCUT2D eigenvalue weighted by Crippen LogP contribution is 2.22. The smallest absolute Gasteiger partial charge is 0.205 e. The van der Waals surface area contributed by atoms with Crippen LogP contribution in [0.15, 0.2) is 51.9 Å². The van der Waals surface area contributed by atoms with Gasteiger partial charge in [0.05, 0.1) is 5.69 Å². The molecule has 22 heavy (non-hydrogen) atoms. The zero-order valence-corrected chi connectivity index (χ0v) is 14.0. The number of nitrogens with zero attached hydrogens (tertiary/aromatic N) is 3. The van der Waals surface area contributed by atoms with Crippen molar-refractivity contribution < 1.29 is 0 Å². The van der Waals surface area contributed by atoms with Gasteiger partial charge in [0.25, 0.3) is 0 Å². The van der Waals surface area contributed by atoms with Gasteiger partial charge in [-0.05, 0) is 37.3 Å². The van der Waals surface area contributed by atoms with Crippen LogP contribution in [0.2, 0.25) is 5.02 Å². The molecular formula is C17H18ClN3S. The zero-order chi connectivity index (χ0) is 15.4. The Bertz CT molecular complexity index is 753. The molecule has 1 aromatic carbocycles. The summed E-state index contributed by atoms with van der Waals surface area (Å²) in [5.74, 6) is 0.514. The van der Waals surface area contributed by atoms with Gasteiger partial charge in [0, 0.05) is 29.2 Å². The predicted molar refractivity (Wildman–Crippen MR) is 94.6 cm³/mol. The maximum Gasteiger partial charge on any atom is 0.205 e. The summed E-state index contributed by atoms with van der Waals surface area (Å²) >= 11 is 7.57. The number of aromatic nitrogens is 1. The van der Waals surface area contributed by atoms with Crippen LogP contribution in [0.5, 0.6) is 0 Å². The molecule has 0 bridgehead atoms. The summed E-state index contributed by atoms with van der Waals surface area (Å²) in [6.07, 6.45) is 9.92. The zero-order valence-electron chi connectivity index (χ0n) is 12.4. The standard InChI is InChI=1S/C17H18ClN3S/c1-19-17-21(20-11-13-5-3-2-4-6-13)16(12-22-17)14-7-9-15(18)10-8-14/h2-3,7-13H,4-6H2,1H3. The first-order chi connectivity index (χ1) is 10.8. The normalized spacial score (nSPS) is 19.2.